The van der Waals surface area contributed by atoms with E-state index < -0.39 is 0 Å². The van der Waals surface area contributed by atoms with Crippen molar-refractivity contribution in [3.05, 3.63) is 71.8 Å². The SMILES string of the molecule is O=C(NCC1CCN(C(=O)c2ccc(F)c3ccccc23)C1)c1ccnnc1. The number of amides is 2. The van der Waals surface area contributed by atoms with E-state index in [9.17, 15) is 14.0 Å². The van der Waals surface area contributed by atoms with Crippen LogP contribution in [0.15, 0.2) is 54.9 Å². The minimum atomic E-state index is -0.334. The molecule has 0 aliphatic carbocycles. The molecular formula is C21H19FN4O2. The Hall–Kier alpha value is -3.35. The molecule has 142 valence electrons. The molecule has 0 saturated carbocycles. The quantitative estimate of drug-likeness (QED) is 0.757. The molecule has 1 aromatic heterocycles. The van der Waals surface area contributed by atoms with Crippen LogP contribution < -0.4 is 5.32 Å². The van der Waals surface area contributed by atoms with E-state index in [4.69, 9.17) is 0 Å². The molecular weight excluding hydrogens is 359 g/mol. The third kappa shape index (κ3) is 3.55. The Bertz CT molecular complexity index is 1030. The molecule has 1 atom stereocenters. The molecule has 1 N–H and O–H groups in total. The van der Waals surface area contributed by atoms with Crippen LogP contribution in [0.2, 0.25) is 0 Å². The lowest BCUT2D eigenvalue weighted by Gasteiger charge is -2.18. The second-order valence-corrected chi connectivity index (χ2v) is 6.89. The molecule has 1 aliphatic rings. The Morgan fingerprint density at radius 3 is 2.71 bits per heavy atom. The van der Waals surface area contributed by atoms with Gasteiger partial charge in [0.2, 0.25) is 0 Å². The molecule has 1 saturated heterocycles. The lowest BCUT2D eigenvalue weighted by atomic mass is 10.0. The van der Waals surface area contributed by atoms with Crippen LogP contribution in [-0.2, 0) is 0 Å². The van der Waals surface area contributed by atoms with Crippen molar-refractivity contribution in [2.45, 2.75) is 6.42 Å². The summed E-state index contributed by atoms with van der Waals surface area (Å²) < 4.78 is 14.0. The average molecular weight is 378 g/mol. The van der Waals surface area contributed by atoms with Gasteiger partial charge in [-0.3, -0.25) is 9.59 Å². The number of rotatable bonds is 4. The first-order valence-corrected chi connectivity index (χ1v) is 9.15. The van der Waals surface area contributed by atoms with E-state index in [1.165, 1.54) is 18.5 Å². The van der Waals surface area contributed by atoms with E-state index in [-0.39, 0.29) is 23.5 Å². The molecule has 1 fully saturated rings. The van der Waals surface area contributed by atoms with Crippen molar-refractivity contribution in [2.75, 3.05) is 19.6 Å². The number of hydrogen-bond donors (Lipinski definition) is 1. The predicted octanol–water partition coefficient (Wildman–Crippen LogP) is 2.66. The third-order valence-corrected chi connectivity index (χ3v) is 5.07. The maximum absolute atomic E-state index is 14.0. The summed E-state index contributed by atoms with van der Waals surface area (Å²) in [6, 6.07) is 11.5. The first-order valence-electron chi connectivity index (χ1n) is 9.15. The van der Waals surface area contributed by atoms with E-state index in [0.29, 0.717) is 41.5 Å². The van der Waals surface area contributed by atoms with Crippen LogP contribution in [-0.4, -0.2) is 46.5 Å². The van der Waals surface area contributed by atoms with Gasteiger partial charge >= 0.3 is 0 Å². The summed E-state index contributed by atoms with van der Waals surface area (Å²) in [6.07, 6.45) is 3.69. The van der Waals surface area contributed by atoms with E-state index in [1.807, 2.05) is 0 Å². The fourth-order valence-corrected chi connectivity index (χ4v) is 3.57. The van der Waals surface area contributed by atoms with Gasteiger partial charge in [-0.05, 0) is 35.9 Å². The van der Waals surface area contributed by atoms with Crippen LogP contribution in [0.25, 0.3) is 10.8 Å². The highest BCUT2D eigenvalue weighted by molar-refractivity contribution is 6.07. The van der Waals surface area contributed by atoms with Gasteiger partial charge in [-0.25, -0.2) is 4.39 Å². The van der Waals surface area contributed by atoms with Crippen LogP contribution in [0.3, 0.4) is 0 Å². The number of fused-ring (bicyclic) bond motifs is 1. The Morgan fingerprint density at radius 2 is 1.93 bits per heavy atom. The van der Waals surface area contributed by atoms with Crippen molar-refractivity contribution in [1.82, 2.24) is 20.4 Å². The third-order valence-electron chi connectivity index (χ3n) is 5.07. The Balaban J connectivity index is 1.41. The summed E-state index contributed by atoms with van der Waals surface area (Å²) in [6.45, 7) is 1.65. The molecule has 2 aromatic carbocycles. The first-order chi connectivity index (χ1) is 13.6. The first kappa shape index (κ1) is 18.0. The number of benzene rings is 2. The number of nitrogens with one attached hydrogen (secondary N) is 1. The predicted molar refractivity (Wildman–Crippen MR) is 102 cm³/mol. The smallest absolute Gasteiger partial charge is 0.254 e. The maximum atomic E-state index is 14.0. The van der Waals surface area contributed by atoms with Gasteiger partial charge in [0, 0.05) is 30.6 Å². The lowest BCUT2D eigenvalue weighted by molar-refractivity contribution is 0.0789. The number of nitrogens with zero attached hydrogens (tertiary/aromatic N) is 3. The van der Waals surface area contributed by atoms with Gasteiger partial charge in [0.05, 0.1) is 18.0 Å². The van der Waals surface area contributed by atoms with Gasteiger partial charge in [-0.1, -0.05) is 24.3 Å². The molecule has 1 aliphatic heterocycles. The molecule has 2 amide bonds. The highest BCUT2D eigenvalue weighted by atomic mass is 19.1. The summed E-state index contributed by atoms with van der Waals surface area (Å²) in [5.74, 6) is -0.471. The van der Waals surface area contributed by atoms with Gasteiger partial charge in [0.25, 0.3) is 11.8 Å². The number of carbonyl (C=O) groups excluding carboxylic acids is 2. The van der Waals surface area contributed by atoms with Gasteiger partial charge in [0.15, 0.2) is 0 Å². The molecule has 3 aromatic rings. The van der Waals surface area contributed by atoms with Gasteiger partial charge in [0.1, 0.15) is 5.82 Å². The van der Waals surface area contributed by atoms with Gasteiger partial charge in [-0.15, -0.1) is 0 Å². The zero-order valence-electron chi connectivity index (χ0n) is 15.1. The molecule has 4 rings (SSSR count). The monoisotopic (exact) mass is 378 g/mol. The zero-order chi connectivity index (χ0) is 19.5. The van der Waals surface area contributed by atoms with Gasteiger partial charge in [-0.2, -0.15) is 10.2 Å². The largest absolute Gasteiger partial charge is 0.352 e. The standard InChI is InChI=1S/C21H19FN4O2/c22-19-6-5-18(16-3-1-2-4-17(16)19)21(28)26-10-8-14(13-26)11-23-20(27)15-7-9-24-25-12-15/h1-7,9,12,14H,8,10-11,13H2,(H,23,27). The summed E-state index contributed by atoms with van der Waals surface area (Å²) in [4.78, 5) is 26.9. The number of likely N-dealkylation sites (tertiary alicyclic amines) is 1. The summed E-state index contributed by atoms with van der Waals surface area (Å²) in [5.41, 5.74) is 0.961. The van der Waals surface area contributed by atoms with E-state index >= 15 is 0 Å². The number of aromatic nitrogens is 2. The lowest BCUT2D eigenvalue weighted by Crippen LogP contribution is -2.33. The van der Waals surface area contributed by atoms with Crippen molar-refractivity contribution in [3.63, 3.8) is 0 Å². The maximum Gasteiger partial charge on any atom is 0.254 e. The zero-order valence-corrected chi connectivity index (χ0v) is 15.1. The fraction of sp³-hybridized carbons (Fsp3) is 0.238. The normalized spacial score (nSPS) is 16.3. The molecule has 0 radical (unpaired) electrons. The van der Waals surface area contributed by atoms with Crippen LogP contribution in [0, 0.1) is 11.7 Å². The highest BCUT2D eigenvalue weighted by Gasteiger charge is 2.28. The minimum absolute atomic E-state index is 0.108. The van der Waals surface area contributed by atoms with E-state index in [2.05, 4.69) is 15.5 Å². The van der Waals surface area contributed by atoms with Crippen molar-refractivity contribution in [1.29, 1.82) is 0 Å². The van der Waals surface area contributed by atoms with Crippen molar-refractivity contribution >= 4 is 22.6 Å². The summed E-state index contributed by atoms with van der Waals surface area (Å²) >= 11 is 0. The molecule has 6 nitrogen and oxygen atoms in total. The number of halogens is 1. The van der Waals surface area contributed by atoms with E-state index in [1.54, 1.807) is 41.3 Å². The second kappa shape index (κ2) is 7.72. The van der Waals surface area contributed by atoms with Crippen LogP contribution in [0.5, 0.6) is 0 Å². The highest BCUT2D eigenvalue weighted by Crippen LogP contribution is 2.25. The second-order valence-electron chi connectivity index (χ2n) is 6.89. The molecule has 28 heavy (non-hydrogen) atoms. The molecule has 0 bridgehead atoms. The number of hydrogen-bond acceptors (Lipinski definition) is 4. The van der Waals surface area contributed by atoms with E-state index in [0.717, 1.165) is 6.42 Å². The van der Waals surface area contributed by atoms with Gasteiger partial charge < -0.3 is 10.2 Å². The molecule has 0 spiro atoms. The van der Waals surface area contributed by atoms with Crippen molar-refractivity contribution in [2.24, 2.45) is 5.92 Å². The van der Waals surface area contributed by atoms with Crippen molar-refractivity contribution < 1.29 is 14.0 Å². The fourth-order valence-electron chi connectivity index (χ4n) is 3.57. The topological polar surface area (TPSA) is 75.2 Å². The number of carbonyl (C=O) groups is 2. The molecule has 7 heteroatoms. The van der Waals surface area contributed by atoms with Crippen LogP contribution in [0.1, 0.15) is 27.1 Å². The molecule has 1 unspecified atom stereocenters. The van der Waals surface area contributed by atoms with Crippen LogP contribution in [0.4, 0.5) is 4.39 Å². The Kier molecular flexibility index (Phi) is 4.97. The molecule has 2 heterocycles. The minimum Gasteiger partial charge on any atom is -0.352 e. The Morgan fingerprint density at radius 1 is 1.11 bits per heavy atom. The summed E-state index contributed by atoms with van der Waals surface area (Å²) in [5, 5.41) is 11.3. The average Bonchev–Trinajstić information content (AvgIpc) is 3.22. The van der Waals surface area contributed by atoms with Crippen molar-refractivity contribution in [3.8, 4) is 0 Å². The summed E-state index contributed by atoms with van der Waals surface area (Å²) in [7, 11) is 0. The van der Waals surface area contributed by atoms with Crippen LogP contribution >= 0.6 is 0 Å². The Labute approximate surface area is 161 Å².